The Hall–Kier alpha value is -3.34. The number of thioether (sulfide) groups is 1. The Labute approximate surface area is 194 Å². The lowest BCUT2D eigenvalue weighted by Gasteiger charge is -2.13. The van der Waals surface area contributed by atoms with Crippen LogP contribution in [0.1, 0.15) is 48.4 Å². The molecule has 33 heavy (non-hydrogen) atoms. The third-order valence-electron chi connectivity index (χ3n) is 4.94. The second-order valence-corrected chi connectivity index (χ2v) is 8.74. The molecule has 0 unspecified atom stereocenters. The number of nitrogen functional groups attached to an aromatic ring is 1. The monoisotopic (exact) mass is 473 g/mol. The summed E-state index contributed by atoms with van der Waals surface area (Å²) in [4.78, 5) is 56.1. The SMILES string of the molecule is CCOC(=O)c1ccc2c(c1)nc(SCC(=O)c1c(N)n(CC(C)C)c(=O)[nH]c1=O)n2CC. The van der Waals surface area contributed by atoms with Crippen molar-refractivity contribution in [1.29, 1.82) is 0 Å². The molecule has 11 heteroatoms. The fraction of sp³-hybridized carbons (Fsp3) is 0.409. The summed E-state index contributed by atoms with van der Waals surface area (Å²) >= 11 is 1.16. The second-order valence-electron chi connectivity index (χ2n) is 7.80. The molecule has 2 aromatic heterocycles. The quantitative estimate of drug-likeness (QED) is 0.274. The van der Waals surface area contributed by atoms with Crippen LogP contribution < -0.4 is 17.0 Å². The number of benzene rings is 1. The van der Waals surface area contributed by atoms with E-state index in [0.717, 1.165) is 17.3 Å². The Morgan fingerprint density at radius 1 is 1.21 bits per heavy atom. The Morgan fingerprint density at radius 3 is 2.58 bits per heavy atom. The summed E-state index contributed by atoms with van der Waals surface area (Å²) in [5, 5.41) is 0.562. The number of anilines is 1. The van der Waals surface area contributed by atoms with Gasteiger partial charge in [0.15, 0.2) is 10.9 Å². The number of ketones is 1. The number of fused-ring (bicyclic) bond motifs is 1. The number of esters is 1. The van der Waals surface area contributed by atoms with Gasteiger partial charge in [-0.3, -0.25) is 19.1 Å². The molecule has 0 atom stereocenters. The van der Waals surface area contributed by atoms with E-state index in [1.54, 1.807) is 25.1 Å². The van der Waals surface area contributed by atoms with Gasteiger partial charge in [-0.25, -0.2) is 14.6 Å². The number of nitrogens with one attached hydrogen (secondary N) is 1. The van der Waals surface area contributed by atoms with Crippen molar-refractivity contribution in [2.24, 2.45) is 5.92 Å². The van der Waals surface area contributed by atoms with E-state index in [1.807, 2.05) is 25.3 Å². The average Bonchev–Trinajstić information content (AvgIpc) is 3.11. The lowest BCUT2D eigenvalue weighted by Crippen LogP contribution is -2.37. The van der Waals surface area contributed by atoms with Crippen molar-refractivity contribution in [3.8, 4) is 0 Å². The highest BCUT2D eigenvalue weighted by atomic mass is 32.2. The normalized spacial score (nSPS) is 11.3. The maximum Gasteiger partial charge on any atom is 0.338 e. The van der Waals surface area contributed by atoms with Crippen molar-refractivity contribution >= 4 is 40.4 Å². The van der Waals surface area contributed by atoms with Crippen molar-refractivity contribution in [2.75, 3.05) is 18.1 Å². The van der Waals surface area contributed by atoms with Crippen LogP contribution in [0.3, 0.4) is 0 Å². The molecule has 0 aliphatic carbocycles. The molecular weight excluding hydrogens is 446 g/mol. The van der Waals surface area contributed by atoms with Crippen LogP contribution in [0.2, 0.25) is 0 Å². The van der Waals surface area contributed by atoms with Crippen LogP contribution in [-0.4, -0.2) is 43.2 Å². The molecule has 0 aliphatic rings. The van der Waals surface area contributed by atoms with Gasteiger partial charge < -0.3 is 15.0 Å². The molecule has 0 saturated heterocycles. The van der Waals surface area contributed by atoms with Crippen LogP contribution in [-0.2, 0) is 17.8 Å². The molecule has 3 aromatic rings. The minimum atomic E-state index is -0.800. The summed E-state index contributed by atoms with van der Waals surface area (Å²) < 4.78 is 8.16. The highest BCUT2D eigenvalue weighted by Gasteiger charge is 2.21. The number of hydrogen-bond donors (Lipinski definition) is 2. The first kappa shape index (κ1) is 24.3. The number of aromatic nitrogens is 4. The van der Waals surface area contributed by atoms with Gasteiger partial charge in [0.2, 0.25) is 0 Å². The van der Waals surface area contributed by atoms with E-state index < -0.39 is 23.0 Å². The van der Waals surface area contributed by atoms with Gasteiger partial charge in [0.05, 0.1) is 29.0 Å². The van der Waals surface area contributed by atoms with Crippen molar-refractivity contribution in [1.82, 2.24) is 19.1 Å². The molecule has 176 valence electrons. The summed E-state index contributed by atoms with van der Waals surface area (Å²) in [6.45, 7) is 8.62. The molecule has 3 rings (SSSR count). The molecule has 2 heterocycles. The van der Waals surface area contributed by atoms with Gasteiger partial charge >= 0.3 is 11.7 Å². The van der Waals surface area contributed by atoms with E-state index in [2.05, 4.69) is 9.97 Å². The molecule has 1 aromatic carbocycles. The van der Waals surface area contributed by atoms with E-state index in [4.69, 9.17) is 10.5 Å². The zero-order valence-corrected chi connectivity index (χ0v) is 19.8. The average molecular weight is 474 g/mol. The Balaban J connectivity index is 1.90. The molecule has 0 radical (unpaired) electrons. The molecule has 0 spiro atoms. The summed E-state index contributed by atoms with van der Waals surface area (Å²) in [6, 6.07) is 5.11. The summed E-state index contributed by atoms with van der Waals surface area (Å²) in [5.74, 6) is -1.07. The highest BCUT2D eigenvalue weighted by Crippen LogP contribution is 2.26. The number of aryl methyl sites for hydroxylation is 1. The van der Waals surface area contributed by atoms with Gasteiger partial charge in [0.1, 0.15) is 11.4 Å². The van der Waals surface area contributed by atoms with E-state index >= 15 is 0 Å². The molecule has 3 N–H and O–H groups in total. The molecule has 10 nitrogen and oxygen atoms in total. The van der Waals surface area contributed by atoms with E-state index in [9.17, 15) is 19.2 Å². The maximum absolute atomic E-state index is 12.9. The van der Waals surface area contributed by atoms with Crippen LogP contribution in [0.15, 0.2) is 32.9 Å². The molecule has 0 saturated carbocycles. The van der Waals surface area contributed by atoms with Crippen molar-refractivity contribution in [3.63, 3.8) is 0 Å². The zero-order valence-electron chi connectivity index (χ0n) is 19.0. The predicted molar refractivity (Wildman–Crippen MR) is 127 cm³/mol. The third kappa shape index (κ3) is 5.03. The zero-order chi connectivity index (χ0) is 24.3. The largest absolute Gasteiger partial charge is 0.462 e. The lowest BCUT2D eigenvalue weighted by molar-refractivity contribution is 0.0526. The predicted octanol–water partition coefficient (Wildman–Crippen LogP) is 2.30. The summed E-state index contributed by atoms with van der Waals surface area (Å²) in [6.07, 6.45) is 0. The fourth-order valence-electron chi connectivity index (χ4n) is 3.47. The molecule has 0 fully saturated rings. The van der Waals surface area contributed by atoms with Gasteiger partial charge in [-0.05, 0) is 38.0 Å². The smallest absolute Gasteiger partial charge is 0.338 e. The number of Topliss-reactive ketones (excluding diaryl/α,β-unsaturated/α-hetero) is 1. The Bertz CT molecular complexity index is 1320. The summed E-state index contributed by atoms with van der Waals surface area (Å²) in [5.41, 5.74) is 6.17. The second kappa shape index (κ2) is 10.1. The number of H-pyrrole nitrogens is 1. The minimum Gasteiger partial charge on any atom is -0.462 e. The number of aromatic amines is 1. The van der Waals surface area contributed by atoms with Crippen molar-refractivity contribution < 1.29 is 14.3 Å². The van der Waals surface area contributed by atoms with Crippen molar-refractivity contribution in [3.05, 3.63) is 50.2 Å². The number of nitrogens with zero attached hydrogens (tertiary/aromatic N) is 3. The number of rotatable bonds is 9. The van der Waals surface area contributed by atoms with E-state index in [0.29, 0.717) is 22.8 Å². The number of hydrogen-bond acceptors (Lipinski definition) is 8. The summed E-state index contributed by atoms with van der Waals surface area (Å²) in [7, 11) is 0. The fourth-order valence-corrected chi connectivity index (χ4v) is 4.42. The van der Waals surface area contributed by atoms with E-state index in [1.165, 1.54) is 4.57 Å². The number of carbonyl (C=O) groups excluding carboxylic acids is 2. The van der Waals surface area contributed by atoms with Crippen molar-refractivity contribution in [2.45, 2.75) is 45.9 Å². The first-order valence-electron chi connectivity index (χ1n) is 10.6. The van der Waals surface area contributed by atoms with Crippen LogP contribution in [0.4, 0.5) is 5.82 Å². The third-order valence-corrected chi connectivity index (χ3v) is 5.92. The van der Waals surface area contributed by atoms with Crippen LogP contribution in [0.25, 0.3) is 11.0 Å². The van der Waals surface area contributed by atoms with Gasteiger partial charge in [0, 0.05) is 13.1 Å². The molecule has 0 aliphatic heterocycles. The first-order valence-corrected chi connectivity index (χ1v) is 11.6. The number of carbonyl (C=O) groups is 2. The number of ether oxygens (including phenoxy) is 1. The first-order chi connectivity index (χ1) is 15.7. The lowest BCUT2D eigenvalue weighted by atomic mass is 10.2. The number of imidazole rings is 1. The van der Waals surface area contributed by atoms with Crippen LogP contribution in [0, 0.1) is 5.92 Å². The Morgan fingerprint density at radius 2 is 1.94 bits per heavy atom. The minimum absolute atomic E-state index is 0.0946. The molecule has 0 bridgehead atoms. The maximum atomic E-state index is 12.9. The van der Waals surface area contributed by atoms with Crippen LogP contribution >= 0.6 is 11.8 Å². The highest BCUT2D eigenvalue weighted by molar-refractivity contribution is 7.99. The van der Waals surface area contributed by atoms with Gasteiger partial charge in [-0.15, -0.1) is 0 Å². The van der Waals surface area contributed by atoms with Crippen LogP contribution in [0.5, 0.6) is 0 Å². The van der Waals surface area contributed by atoms with Gasteiger partial charge in [-0.2, -0.15) is 0 Å². The molecule has 0 amide bonds. The van der Waals surface area contributed by atoms with Gasteiger partial charge in [-0.1, -0.05) is 25.6 Å². The van der Waals surface area contributed by atoms with E-state index in [-0.39, 0.29) is 36.2 Å². The van der Waals surface area contributed by atoms with Gasteiger partial charge in [0.25, 0.3) is 5.56 Å². The topological polar surface area (TPSA) is 142 Å². The molecular formula is C22H27N5O5S. The Kier molecular flexibility index (Phi) is 7.42. The number of nitrogens with two attached hydrogens (primary N) is 1. The standard InChI is InChI=1S/C22H27N5O5S/c1-5-26-15-8-7-13(20(30)32-6-2)9-14(15)24-22(26)33-11-16(28)17-18(23)27(10-12(3)4)21(31)25-19(17)29/h7-9,12H,5-6,10-11,23H2,1-4H3,(H,25,29,31).